The van der Waals surface area contributed by atoms with Crippen molar-refractivity contribution in [1.29, 1.82) is 0 Å². The summed E-state index contributed by atoms with van der Waals surface area (Å²) >= 11 is 0. The fraction of sp³-hybridized carbons (Fsp3) is 0.143. The molecule has 1 fully saturated rings. The number of rotatable bonds is 5. The number of pyridine rings is 1. The summed E-state index contributed by atoms with van der Waals surface area (Å²) in [6, 6.07) is 13.0. The minimum atomic E-state index is -0.968. The fourth-order valence-electron chi connectivity index (χ4n) is 3.28. The van der Waals surface area contributed by atoms with E-state index >= 15 is 0 Å². The normalized spacial score (nSPS) is 16.2. The van der Waals surface area contributed by atoms with Crippen molar-refractivity contribution in [3.05, 3.63) is 72.2 Å². The predicted molar refractivity (Wildman–Crippen MR) is 104 cm³/mol. The Labute approximate surface area is 165 Å². The molecule has 2 heterocycles. The highest BCUT2D eigenvalue weighted by Gasteiger charge is 2.39. The van der Waals surface area contributed by atoms with Crippen LogP contribution in [0.1, 0.15) is 12.0 Å². The zero-order valence-corrected chi connectivity index (χ0v) is 15.3. The van der Waals surface area contributed by atoms with Crippen LogP contribution in [0.3, 0.4) is 0 Å². The van der Waals surface area contributed by atoms with E-state index in [0.717, 1.165) is 15.8 Å². The maximum atomic E-state index is 13.3. The topological polar surface area (TPSA) is 91.4 Å². The Morgan fingerprint density at radius 2 is 1.97 bits per heavy atom. The van der Waals surface area contributed by atoms with Gasteiger partial charge in [-0.1, -0.05) is 18.2 Å². The summed E-state index contributed by atoms with van der Waals surface area (Å²) in [6.07, 6.45) is 1.45. The van der Waals surface area contributed by atoms with Crippen molar-refractivity contribution in [2.75, 3.05) is 5.32 Å². The van der Waals surface area contributed by atoms with Crippen molar-refractivity contribution < 1.29 is 18.8 Å². The molecular weight excluding hydrogens is 375 g/mol. The van der Waals surface area contributed by atoms with Crippen LogP contribution < -0.4 is 10.6 Å². The molecule has 29 heavy (non-hydrogen) atoms. The number of carbonyl (C=O) groups excluding carboxylic acids is 3. The minimum absolute atomic E-state index is 0.0600. The number of anilines is 1. The van der Waals surface area contributed by atoms with E-state index in [2.05, 4.69) is 15.6 Å². The Morgan fingerprint density at radius 3 is 2.79 bits per heavy atom. The number of benzene rings is 2. The molecule has 0 spiro atoms. The Bertz CT molecular complexity index is 1110. The Morgan fingerprint density at radius 1 is 1.14 bits per heavy atom. The highest BCUT2D eigenvalue weighted by molar-refractivity contribution is 6.08. The molecule has 1 atom stereocenters. The van der Waals surface area contributed by atoms with Crippen molar-refractivity contribution in [2.45, 2.75) is 19.0 Å². The van der Waals surface area contributed by atoms with Gasteiger partial charge >= 0.3 is 6.03 Å². The zero-order valence-electron chi connectivity index (χ0n) is 15.3. The van der Waals surface area contributed by atoms with Gasteiger partial charge in [0.05, 0.1) is 24.2 Å². The van der Waals surface area contributed by atoms with Crippen LogP contribution in [0, 0.1) is 5.82 Å². The molecule has 1 saturated heterocycles. The summed E-state index contributed by atoms with van der Waals surface area (Å²) in [5.74, 6) is -1.38. The average Bonchev–Trinajstić information content (AvgIpc) is 2.95. The number of nitrogens with zero attached hydrogens (tertiary/aromatic N) is 2. The van der Waals surface area contributed by atoms with Gasteiger partial charge in [0.15, 0.2) is 0 Å². The molecule has 1 aromatic heterocycles. The second kappa shape index (κ2) is 7.67. The lowest BCUT2D eigenvalue weighted by atomic mass is 10.1. The molecule has 4 rings (SSSR count). The number of hydrogen-bond acceptors (Lipinski definition) is 4. The predicted octanol–water partition coefficient (Wildman–Crippen LogP) is 2.82. The smallest absolute Gasteiger partial charge is 0.325 e. The van der Waals surface area contributed by atoms with Crippen molar-refractivity contribution in [1.82, 2.24) is 15.2 Å². The van der Waals surface area contributed by atoms with Gasteiger partial charge in [-0.05, 0) is 42.0 Å². The number of halogens is 1. The summed E-state index contributed by atoms with van der Waals surface area (Å²) in [5, 5.41) is 6.06. The summed E-state index contributed by atoms with van der Waals surface area (Å²) in [7, 11) is 0. The highest BCUT2D eigenvalue weighted by Crippen LogP contribution is 2.22. The molecule has 0 radical (unpaired) electrons. The van der Waals surface area contributed by atoms with E-state index in [4.69, 9.17) is 0 Å². The summed E-state index contributed by atoms with van der Waals surface area (Å²) < 4.78 is 13.3. The quantitative estimate of drug-likeness (QED) is 0.653. The summed E-state index contributed by atoms with van der Waals surface area (Å²) in [4.78, 5) is 42.4. The van der Waals surface area contributed by atoms with Crippen LogP contribution in [0.2, 0.25) is 0 Å². The number of imide groups is 1. The largest absolute Gasteiger partial charge is 0.325 e. The Kier molecular flexibility index (Phi) is 4.90. The maximum Gasteiger partial charge on any atom is 0.325 e. The number of hydrogen-bond donors (Lipinski definition) is 2. The molecule has 7 nitrogen and oxygen atoms in total. The number of fused-ring (bicyclic) bond motifs is 1. The molecule has 0 bridgehead atoms. The van der Waals surface area contributed by atoms with Crippen LogP contribution in [0.4, 0.5) is 14.9 Å². The minimum Gasteiger partial charge on any atom is -0.325 e. The maximum absolute atomic E-state index is 13.3. The first-order chi connectivity index (χ1) is 14.0. The van der Waals surface area contributed by atoms with Gasteiger partial charge < -0.3 is 10.6 Å². The van der Waals surface area contributed by atoms with Gasteiger partial charge in [-0.3, -0.25) is 19.5 Å². The third-order valence-corrected chi connectivity index (χ3v) is 4.65. The molecule has 1 aliphatic rings. The van der Waals surface area contributed by atoms with Crippen molar-refractivity contribution in [2.24, 2.45) is 0 Å². The first kappa shape index (κ1) is 18.5. The average molecular weight is 392 g/mol. The molecule has 2 aromatic carbocycles. The molecular formula is C21H17FN4O3. The zero-order chi connectivity index (χ0) is 20.4. The molecule has 2 N–H and O–H groups in total. The van der Waals surface area contributed by atoms with Crippen molar-refractivity contribution in [3.63, 3.8) is 0 Å². The number of amides is 4. The number of urea groups is 1. The van der Waals surface area contributed by atoms with E-state index in [1.807, 2.05) is 12.1 Å². The first-order valence-electron chi connectivity index (χ1n) is 9.01. The van der Waals surface area contributed by atoms with Gasteiger partial charge in [0.2, 0.25) is 5.91 Å². The van der Waals surface area contributed by atoms with Crippen LogP contribution in [0.25, 0.3) is 10.9 Å². The molecule has 0 unspecified atom stereocenters. The molecule has 3 aromatic rings. The van der Waals surface area contributed by atoms with Crippen LogP contribution in [-0.4, -0.2) is 33.8 Å². The van der Waals surface area contributed by atoms with Crippen molar-refractivity contribution >= 4 is 34.4 Å². The van der Waals surface area contributed by atoms with Gasteiger partial charge in [-0.2, -0.15) is 0 Å². The van der Waals surface area contributed by atoms with Gasteiger partial charge in [0, 0.05) is 11.6 Å². The molecule has 146 valence electrons. The number of nitrogens with one attached hydrogen (secondary N) is 2. The van der Waals surface area contributed by atoms with Gasteiger partial charge in [0.1, 0.15) is 11.9 Å². The van der Waals surface area contributed by atoms with E-state index in [1.54, 1.807) is 30.5 Å². The standard InChI is InChI=1S/C21H17FN4O3/c22-14-5-1-4-13(10-14)12-26-20(28)18(25-21(26)29)11-19(27)24-17-8-2-7-16-15(17)6-3-9-23-16/h1-10,18H,11-12H2,(H,24,27)(H,25,29)/t18-/m0/s1. The lowest BCUT2D eigenvalue weighted by molar-refractivity contribution is -0.130. The molecule has 8 heteroatoms. The second-order valence-electron chi connectivity index (χ2n) is 6.68. The summed E-state index contributed by atoms with van der Waals surface area (Å²) in [5.41, 5.74) is 1.80. The van der Waals surface area contributed by atoms with Crippen LogP contribution in [-0.2, 0) is 16.1 Å². The lowest BCUT2D eigenvalue weighted by Gasteiger charge is -2.13. The molecule has 4 amide bonds. The SMILES string of the molecule is O=C(C[C@@H]1NC(=O)N(Cc2cccc(F)c2)C1=O)Nc1cccc2ncccc12. The third kappa shape index (κ3) is 3.91. The first-order valence-corrected chi connectivity index (χ1v) is 9.01. The summed E-state index contributed by atoms with van der Waals surface area (Å²) in [6.45, 7) is -0.0600. The van der Waals surface area contributed by atoms with E-state index < -0.39 is 29.7 Å². The van der Waals surface area contributed by atoms with Gasteiger partial charge in [-0.15, -0.1) is 0 Å². The lowest BCUT2D eigenvalue weighted by Crippen LogP contribution is -2.34. The fourth-order valence-corrected chi connectivity index (χ4v) is 3.28. The molecule has 1 aliphatic heterocycles. The van der Waals surface area contributed by atoms with Crippen LogP contribution in [0.15, 0.2) is 60.8 Å². The third-order valence-electron chi connectivity index (χ3n) is 4.65. The number of aromatic nitrogens is 1. The second-order valence-corrected chi connectivity index (χ2v) is 6.68. The van der Waals surface area contributed by atoms with Gasteiger partial charge in [0.25, 0.3) is 5.91 Å². The van der Waals surface area contributed by atoms with E-state index in [-0.39, 0.29) is 13.0 Å². The number of carbonyl (C=O) groups is 3. The van der Waals surface area contributed by atoms with E-state index in [9.17, 15) is 18.8 Å². The van der Waals surface area contributed by atoms with Crippen LogP contribution in [0.5, 0.6) is 0 Å². The van der Waals surface area contributed by atoms with Crippen LogP contribution >= 0.6 is 0 Å². The Hall–Kier alpha value is -3.81. The Balaban J connectivity index is 1.43. The molecule has 0 saturated carbocycles. The molecule has 0 aliphatic carbocycles. The van der Waals surface area contributed by atoms with E-state index in [1.165, 1.54) is 18.2 Å². The van der Waals surface area contributed by atoms with Crippen molar-refractivity contribution in [3.8, 4) is 0 Å². The van der Waals surface area contributed by atoms with E-state index in [0.29, 0.717) is 11.3 Å². The van der Waals surface area contributed by atoms with Gasteiger partial charge in [-0.25, -0.2) is 9.18 Å². The monoisotopic (exact) mass is 392 g/mol. The highest BCUT2D eigenvalue weighted by atomic mass is 19.1.